The maximum Gasteiger partial charge on any atom is 0.321 e. The SMILES string of the molecule is C[C@@H]1CCCCO[C@@H](CN(C)C(=O)Nc2ccc3c(c2)OCO3)[C@@H](C)CN([C@H](C)CO)C(=O)c2cc(NC(=O)NC3CCCCC3)ccc2O1. The Morgan fingerprint density at radius 2 is 1.64 bits per heavy atom. The van der Waals surface area contributed by atoms with Crippen molar-refractivity contribution in [3.8, 4) is 17.2 Å². The Hall–Kier alpha value is -4.23. The molecule has 1 fully saturated rings. The molecule has 4 N–H and O–H groups in total. The average Bonchev–Trinajstić information content (AvgIpc) is 3.58. The third kappa shape index (κ3) is 9.94. The summed E-state index contributed by atoms with van der Waals surface area (Å²) < 4.78 is 23.5. The smallest absolute Gasteiger partial charge is 0.321 e. The van der Waals surface area contributed by atoms with Gasteiger partial charge in [-0.1, -0.05) is 26.2 Å². The van der Waals surface area contributed by atoms with E-state index in [4.69, 9.17) is 18.9 Å². The van der Waals surface area contributed by atoms with Crippen LogP contribution in [-0.4, -0.2) is 97.3 Å². The molecular weight excluding hydrogens is 642 g/mol. The lowest BCUT2D eigenvalue weighted by molar-refractivity contribution is -0.0115. The first-order chi connectivity index (χ1) is 24.1. The van der Waals surface area contributed by atoms with E-state index in [1.807, 2.05) is 13.8 Å². The van der Waals surface area contributed by atoms with Gasteiger partial charge in [-0.15, -0.1) is 0 Å². The van der Waals surface area contributed by atoms with Crippen LogP contribution in [0.25, 0.3) is 0 Å². The van der Waals surface area contributed by atoms with Gasteiger partial charge in [-0.25, -0.2) is 9.59 Å². The molecule has 0 unspecified atom stereocenters. The standard InChI is InChI=1S/C37H53N5O8/c1-24-20-42(25(2)22-43)35(44)30-18-28(39-36(45)38-27-11-6-5-7-12-27)13-15-31(30)50-26(3)10-8-9-17-47-34(24)21-41(4)37(46)40-29-14-16-32-33(19-29)49-23-48-32/h13-16,18-19,24-27,34,43H,5-12,17,20-23H2,1-4H3,(H,40,46)(H2,38,39,45)/t24-,25+,26+,34-/m0/s1. The van der Waals surface area contributed by atoms with Crippen molar-refractivity contribution >= 4 is 29.3 Å². The summed E-state index contributed by atoms with van der Waals surface area (Å²) in [6, 6.07) is 9.36. The van der Waals surface area contributed by atoms with E-state index in [0.29, 0.717) is 40.8 Å². The Morgan fingerprint density at radius 1 is 0.940 bits per heavy atom. The summed E-state index contributed by atoms with van der Waals surface area (Å²) in [6.45, 7) is 6.63. The molecule has 2 aromatic carbocycles. The molecule has 2 aliphatic heterocycles. The van der Waals surface area contributed by atoms with Crippen LogP contribution in [0.4, 0.5) is 21.0 Å². The largest absolute Gasteiger partial charge is 0.490 e. The quantitative estimate of drug-likeness (QED) is 0.283. The number of likely N-dealkylation sites (N-methyl/N-ethyl adjacent to an activating group) is 1. The summed E-state index contributed by atoms with van der Waals surface area (Å²) in [5.74, 6) is 1.08. The molecular formula is C37H53N5O8. The van der Waals surface area contributed by atoms with E-state index in [9.17, 15) is 19.5 Å². The number of aliphatic hydroxyl groups excluding tert-OH is 1. The predicted molar refractivity (Wildman–Crippen MR) is 190 cm³/mol. The van der Waals surface area contributed by atoms with Crippen molar-refractivity contribution in [2.24, 2.45) is 5.92 Å². The third-order valence-electron chi connectivity index (χ3n) is 9.67. The molecule has 3 aliphatic rings. The van der Waals surface area contributed by atoms with Gasteiger partial charge in [-0.05, 0) is 76.3 Å². The Kier molecular flexibility index (Phi) is 13.1. The molecule has 0 spiro atoms. The Balaban J connectivity index is 1.33. The summed E-state index contributed by atoms with van der Waals surface area (Å²) in [5.41, 5.74) is 1.35. The fourth-order valence-corrected chi connectivity index (χ4v) is 6.61. The number of aliphatic hydroxyl groups is 1. The second-order valence-electron chi connectivity index (χ2n) is 13.8. The van der Waals surface area contributed by atoms with E-state index in [1.165, 1.54) is 6.42 Å². The second-order valence-corrected chi connectivity index (χ2v) is 13.8. The van der Waals surface area contributed by atoms with E-state index >= 15 is 0 Å². The lowest BCUT2D eigenvalue weighted by atomic mass is 9.96. The minimum Gasteiger partial charge on any atom is -0.490 e. The number of carbonyl (C=O) groups excluding carboxylic acids is 3. The second kappa shape index (κ2) is 17.6. The third-order valence-corrected chi connectivity index (χ3v) is 9.67. The lowest BCUT2D eigenvalue weighted by Gasteiger charge is -2.35. The monoisotopic (exact) mass is 695 g/mol. The molecule has 50 heavy (non-hydrogen) atoms. The van der Waals surface area contributed by atoms with E-state index in [-0.39, 0.29) is 62.5 Å². The zero-order chi connectivity index (χ0) is 35.6. The van der Waals surface area contributed by atoms with E-state index < -0.39 is 12.1 Å². The molecule has 1 saturated carbocycles. The van der Waals surface area contributed by atoms with Crippen LogP contribution in [0.5, 0.6) is 17.2 Å². The Morgan fingerprint density at radius 3 is 2.40 bits per heavy atom. The van der Waals surface area contributed by atoms with Crippen LogP contribution >= 0.6 is 0 Å². The van der Waals surface area contributed by atoms with Crippen molar-refractivity contribution in [2.45, 2.75) is 96.4 Å². The molecule has 0 bridgehead atoms. The highest BCUT2D eigenvalue weighted by Gasteiger charge is 2.31. The number of amides is 5. The summed E-state index contributed by atoms with van der Waals surface area (Å²) in [6.07, 6.45) is 7.11. The number of anilines is 2. The van der Waals surface area contributed by atoms with Crippen molar-refractivity contribution in [1.82, 2.24) is 15.1 Å². The Labute approximate surface area is 294 Å². The van der Waals surface area contributed by atoms with Gasteiger partial charge < -0.3 is 49.8 Å². The van der Waals surface area contributed by atoms with Crippen molar-refractivity contribution in [2.75, 3.05) is 50.8 Å². The van der Waals surface area contributed by atoms with Crippen LogP contribution in [0.1, 0.15) is 82.5 Å². The van der Waals surface area contributed by atoms with Gasteiger partial charge in [0.15, 0.2) is 11.5 Å². The van der Waals surface area contributed by atoms with Crippen LogP contribution in [0.3, 0.4) is 0 Å². The summed E-state index contributed by atoms with van der Waals surface area (Å²) in [4.78, 5) is 43.8. The highest BCUT2D eigenvalue weighted by molar-refractivity contribution is 5.99. The average molecular weight is 696 g/mol. The first-order valence-corrected chi connectivity index (χ1v) is 17.9. The van der Waals surface area contributed by atoms with Crippen molar-refractivity contribution in [3.63, 3.8) is 0 Å². The van der Waals surface area contributed by atoms with Gasteiger partial charge in [-0.2, -0.15) is 0 Å². The van der Waals surface area contributed by atoms with Crippen LogP contribution in [0.15, 0.2) is 36.4 Å². The molecule has 0 saturated heterocycles. The topological polar surface area (TPSA) is 151 Å². The molecule has 0 aromatic heterocycles. The number of hydrogen-bond acceptors (Lipinski definition) is 8. The van der Waals surface area contributed by atoms with Gasteiger partial charge in [0.2, 0.25) is 6.79 Å². The fraction of sp³-hybridized carbons (Fsp3) is 0.595. The van der Waals surface area contributed by atoms with E-state index in [1.54, 1.807) is 60.2 Å². The predicted octanol–water partition coefficient (Wildman–Crippen LogP) is 5.83. The number of hydrogen-bond donors (Lipinski definition) is 4. The zero-order valence-electron chi connectivity index (χ0n) is 29.7. The van der Waals surface area contributed by atoms with Crippen molar-refractivity contribution < 1.29 is 38.4 Å². The number of benzene rings is 2. The lowest BCUT2D eigenvalue weighted by Crippen LogP contribution is -2.48. The number of nitrogens with one attached hydrogen (secondary N) is 3. The minimum absolute atomic E-state index is 0.137. The molecule has 1 aliphatic carbocycles. The maximum atomic E-state index is 14.4. The summed E-state index contributed by atoms with van der Waals surface area (Å²) in [7, 11) is 1.71. The number of ether oxygens (including phenoxy) is 4. The molecule has 5 amide bonds. The molecule has 4 atom stereocenters. The molecule has 2 heterocycles. The summed E-state index contributed by atoms with van der Waals surface area (Å²) >= 11 is 0. The molecule has 5 rings (SSSR count). The molecule has 13 nitrogen and oxygen atoms in total. The van der Waals surface area contributed by atoms with Gasteiger partial charge in [0.1, 0.15) is 5.75 Å². The van der Waals surface area contributed by atoms with E-state index in [2.05, 4.69) is 16.0 Å². The summed E-state index contributed by atoms with van der Waals surface area (Å²) in [5, 5.41) is 19.1. The van der Waals surface area contributed by atoms with Gasteiger partial charge in [-0.3, -0.25) is 4.79 Å². The Bertz CT molecular complexity index is 1470. The van der Waals surface area contributed by atoms with Crippen LogP contribution in [0.2, 0.25) is 0 Å². The van der Waals surface area contributed by atoms with Crippen molar-refractivity contribution in [3.05, 3.63) is 42.0 Å². The van der Waals surface area contributed by atoms with Crippen LogP contribution in [-0.2, 0) is 4.74 Å². The number of fused-ring (bicyclic) bond motifs is 2. The van der Waals surface area contributed by atoms with Gasteiger partial charge in [0.05, 0.1) is 30.4 Å². The zero-order valence-corrected chi connectivity index (χ0v) is 29.7. The number of nitrogens with zero attached hydrogens (tertiary/aromatic N) is 2. The number of carbonyl (C=O) groups is 3. The first kappa shape index (κ1) is 37.0. The van der Waals surface area contributed by atoms with Gasteiger partial charge in [0, 0.05) is 56.1 Å². The normalized spacial score (nSPS) is 22.4. The van der Waals surface area contributed by atoms with Crippen LogP contribution < -0.4 is 30.2 Å². The first-order valence-electron chi connectivity index (χ1n) is 17.9. The maximum absolute atomic E-state index is 14.4. The fourth-order valence-electron chi connectivity index (χ4n) is 6.61. The minimum atomic E-state index is -0.526. The number of urea groups is 2. The highest BCUT2D eigenvalue weighted by atomic mass is 16.7. The number of rotatable bonds is 7. The van der Waals surface area contributed by atoms with Gasteiger partial charge in [0.25, 0.3) is 5.91 Å². The highest BCUT2D eigenvalue weighted by Crippen LogP contribution is 2.34. The molecule has 2 aromatic rings. The molecule has 0 radical (unpaired) electrons. The van der Waals surface area contributed by atoms with E-state index in [0.717, 1.165) is 44.9 Å². The van der Waals surface area contributed by atoms with Crippen LogP contribution in [0, 0.1) is 5.92 Å². The molecule has 274 valence electrons. The van der Waals surface area contributed by atoms with Crippen molar-refractivity contribution in [1.29, 1.82) is 0 Å². The van der Waals surface area contributed by atoms with Gasteiger partial charge >= 0.3 is 12.1 Å². The molecule has 13 heteroatoms.